The van der Waals surface area contributed by atoms with E-state index in [1.54, 1.807) is 18.4 Å². The number of imidazole rings is 1. The number of furan rings is 1. The number of benzene rings is 2. The minimum Gasteiger partial charge on any atom is -1.00 e. The third kappa shape index (κ3) is 3.31. The molecule has 4 rings (SSSR count). The summed E-state index contributed by atoms with van der Waals surface area (Å²) in [6.45, 7) is 0.888. The van der Waals surface area contributed by atoms with Gasteiger partial charge in [0.1, 0.15) is 11.9 Å². The summed E-state index contributed by atoms with van der Waals surface area (Å²) < 4.78 is 9.07. The third-order valence-corrected chi connectivity index (χ3v) is 4.39. The number of halogens is 1. The summed E-state index contributed by atoms with van der Waals surface area (Å²) in [6, 6.07) is 21.5. The molecule has 0 aliphatic carbocycles. The summed E-state index contributed by atoms with van der Waals surface area (Å²) in [6.07, 6.45) is 0.754. The zero-order chi connectivity index (χ0) is 17.2. The van der Waals surface area contributed by atoms with E-state index in [0.717, 1.165) is 16.6 Å². The second kappa shape index (κ2) is 7.64. The molecular formula is C20H19ClN3O2-. The topological polar surface area (TPSA) is 67.1 Å². The van der Waals surface area contributed by atoms with Crippen LogP contribution < -0.4 is 18.0 Å². The Morgan fingerprint density at radius 3 is 2.19 bits per heavy atom. The number of hydrogen-bond acceptors (Lipinski definition) is 3. The minimum atomic E-state index is -0.792. The summed E-state index contributed by atoms with van der Waals surface area (Å²) >= 11 is 0. The molecule has 0 fully saturated rings. The van der Waals surface area contributed by atoms with Gasteiger partial charge in [-0.3, -0.25) is 5.41 Å². The molecule has 0 spiro atoms. The average molecular weight is 369 g/mol. The van der Waals surface area contributed by atoms with Gasteiger partial charge in [-0.25, -0.2) is 0 Å². The molecule has 0 saturated heterocycles. The van der Waals surface area contributed by atoms with Gasteiger partial charge in [0.2, 0.25) is 5.62 Å². The molecule has 0 saturated carbocycles. The molecule has 0 bridgehead atoms. The van der Waals surface area contributed by atoms with Crippen LogP contribution in [0.15, 0.2) is 77.4 Å². The van der Waals surface area contributed by atoms with Crippen LogP contribution >= 0.6 is 0 Å². The van der Waals surface area contributed by atoms with Crippen molar-refractivity contribution in [3.8, 4) is 0 Å². The van der Waals surface area contributed by atoms with Crippen LogP contribution in [-0.2, 0) is 13.1 Å². The van der Waals surface area contributed by atoms with Crippen molar-refractivity contribution in [3.05, 3.63) is 89.9 Å². The number of fused-ring (bicyclic) bond motifs is 1. The van der Waals surface area contributed by atoms with Crippen LogP contribution in [0.25, 0.3) is 11.0 Å². The van der Waals surface area contributed by atoms with Crippen molar-refractivity contribution in [2.24, 2.45) is 0 Å². The van der Waals surface area contributed by atoms with Gasteiger partial charge in [0.25, 0.3) is 0 Å². The Bertz CT molecular complexity index is 1040. The summed E-state index contributed by atoms with van der Waals surface area (Å²) in [5, 5.41) is 19.1. The maximum absolute atomic E-state index is 10.4. The molecule has 1 unspecified atom stereocenters. The molecule has 2 heterocycles. The van der Waals surface area contributed by atoms with Crippen LogP contribution in [0.5, 0.6) is 0 Å². The van der Waals surface area contributed by atoms with Crippen molar-refractivity contribution in [1.29, 1.82) is 5.41 Å². The Morgan fingerprint density at radius 1 is 0.885 bits per heavy atom. The van der Waals surface area contributed by atoms with E-state index >= 15 is 0 Å². The molecule has 134 valence electrons. The molecule has 0 aliphatic rings. The van der Waals surface area contributed by atoms with Crippen molar-refractivity contribution in [1.82, 2.24) is 9.13 Å². The molecule has 4 aromatic rings. The number of aromatic nitrogens is 2. The number of aliphatic hydroxyl groups excluding tert-OH is 1. The van der Waals surface area contributed by atoms with E-state index in [4.69, 9.17) is 9.83 Å². The number of aliphatic hydroxyl groups is 1. The largest absolute Gasteiger partial charge is 1.00 e. The normalized spacial score (nSPS) is 12.0. The number of nitrogens with one attached hydrogen (secondary N) is 1. The van der Waals surface area contributed by atoms with E-state index in [1.165, 1.54) is 0 Å². The highest BCUT2D eigenvalue weighted by molar-refractivity contribution is 5.76. The molecule has 0 radical (unpaired) electrons. The Morgan fingerprint density at radius 2 is 1.54 bits per heavy atom. The van der Waals surface area contributed by atoms with E-state index in [2.05, 4.69) is 12.1 Å². The SMILES string of the molecule is N=c1n(Cc2ccccc2)c2ccccc2n1CC(O)c1ccco1.[Cl-]. The first-order chi connectivity index (χ1) is 12.2. The van der Waals surface area contributed by atoms with Crippen molar-refractivity contribution in [3.63, 3.8) is 0 Å². The lowest BCUT2D eigenvalue weighted by molar-refractivity contribution is -0.00000711. The van der Waals surface area contributed by atoms with Crippen molar-refractivity contribution < 1.29 is 21.9 Å². The van der Waals surface area contributed by atoms with Gasteiger partial charge in [-0.2, -0.15) is 0 Å². The zero-order valence-electron chi connectivity index (χ0n) is 14.0. The van der Waals surface area contributed by atoms with Gasteiger partial charge in [0.05, 0.1) is 30.4 Å². The Labute approximate surface area is 157 Å². The van der Waals surface area contributed by atoms with Crippen LogP contribution in [0.1, 0.15) is 17.4 Å². The molecule has 1 atom stereocenters. The van der Waals surface area contributed by atoms with Gasteiger partial charge >= 0.3 is 0 Å². The Hall–Kier alpha value is -2.76. The van der Waals surface area contributed by atoms with Crippen LogP contribution in [0.2, 0.25) is 0 Å². The lowest BCUT2D eigenvalue weighted by Gasteiger charge is -2.10. The Kier molecular flexibility index (Phi) is 5.30. The summed E-state index contributed by atoms with van der Waals surface area (Å²) in [5.74, 6) is 0.506. The molecule has 26 heavy (non-hydrogen) atoms. The summed E-state index contributed by atoms with van der Waals surface area (Å²) in [7, 11) is 0. The minimum absolute atomic E-state index is 0. The molecule has 2 aromatic heterocycles. The second-order valence-corrected chi connectivity index (χ2v) is 6.03. The van der Waals surface area contributed by atoms with Crippen molar-refractivity contribution in [2.45, 2.75) is 19.2 Å². The first-order valence-electron chi connectivity index (χ1n) is 8.22. The van der Waals surface area contributed by atoms with Crippen LogP contribution in [0, 0.1) is 5.41 Å². The number of rotatable bonds is 5. The molecule has 2 aromatic carbocycles. The molecule has 0 aliphatic heterocycles. The van der Waals surface area contributed by atoms with Gasteiger partial charge in [0, 0.05) is 0 Å². The molecule has 2 N–H and O–H groups in total. The first kappa shape index (κ1) is 18.0. The highest BCUT2D eigenvalue weighted by Gasteiger charge is 2.16. The van der Waals surface area contributed by atoms with Gasteiger partial charge in [-0.05, 0) is 29.8 Å². The summed E-state index contributed by atoms with van der Waals surface area (Å²) in [4.78, 5) is 0. The predicted octanol–water partition coefficient (Wildman–Crippen LogP) is 0.301. The standard InChI is InChI=1S/C20H19N3O2.ClH/c21-20-22(13-15-7-2-1-3-8-15)16-9-4-5-10-17(16)23(20)14-18(24)19-11-6-12-25-19;/h1-12,18,21,24H,13-14H2;1H/p-1. The van der Waals surface area contributed by atoms with Crippen LogP contribution in [-0.4, -0.2) is 14.2 Å². The van der Waals surface area contributed by atoms with E-state index in [1.807, 2.05) is 51.6 Å². The molecule has 5 nitrogen and oxygen atoms in total. The van der Waals surface area contributed by atoms with Crippen LogP contribution in [0.3, 0.4) is 0 Å². The molecular weight excluding hydrogens is 350 g/mol. The number of nitrogens with zero attached hydrogens (tertiary/aromatic N) is 2. The number of para-hydroxylation sites is 2. The number of hydrogen-bond donors (Lipinski definition) is 2. The van der Waals surface area contributed by atoms with Gasteiger partial charge in [-0.1, -0.05) is 42.5 Å². The van der Waals surface area contributed by atoms with Gasteiger partial charge in [0.15, 0.2) is 0 Å². The predicted molar refractivity (Wildman–Crippen MR) is 95.0 cm³/mol. The molecule has 0 amide bonds. The average Bonchev–Trinajstić information content (AvgIpc) is 3.26. The fraction of sp³-hybridized carbons (Fsp3) is 0.150. The first-order valence-corrected chi connectivity index (χ1v) is 8.22. The van der Waals surface area contributed by atoms with Crippen molar-refractivity contribution in [2.75, 3.05) is 0 Å². The van der Waals surface area contributed by atoms with Gasteiger partial charge in [-0.15, -0.1) is 0 Å². The van der Waals surface area contributed by atoms with Crippen molar-refractivity contribution >= 4 is 11.0 Å². The summed E-state index contributed by atoms with van der Waals surface area (Å²) in [5.41, 5.74) is 3.39. The quantitative estimate of drug-likeness (QED) is 0.532. The smallest absolute Gasteiger partial charge is 0.203 e. The van der Waals surface area contributed by atoms with E-state index < -0.39 is 6.10 Å². The Balaban J connectivity index is 0.00000196. The fourth-order valence-electron chi connectivity index (χ4n) is 3.15. The lowest BCUT2D eigenvalue weighted by Crippen LogP contribution is -3.00. The van der Waals surface area contributed by atoms with Crippen LogP contribution in [0.4, 0.5) is 0 Å². The highest BCUT2D eigenvalue weighted by atomic mass is 35.5. The zero-order valence-corrected chi connectivity index (χ0v) is 14.8. The highest BCUT2D eigenvalue weighted by Crippen LogP contribution is 2.19. The van der Waals surface area contributed by atoms with E-state index in [-0.39, 0.29) is 19.0 Å². The molecule has 6 heteroatoms. The van der Waals surface area contributed by atoms with Gasteiger partial charge < -0.3 is 31.1 Å². The lowest BCUT2D eigenvalue weighted by atomic mass is 10.2. The third-order valence-electron chi connectivity index (χ3n) is 4.39. The van der Waals surface area contributed by atoms with E-state index in [0.29, 0.717) is 17.9 Å². The monoisotopic (exact) mass is 368 g/mol. The van der Waals surface area contributed by atoms with E-state index in [9.17, 15) is 5.11 Å². The maximum Gasteiger partial charge on any atom is 0.203 e. The second-order valence-electron chi connectivity index (χ2n) is 6.03. The maximum atomic E-state index is 10.4. The fourth-order valence-corrected chi connectivity index (χ4v) is 3.15.